The summed E-state index contributed by atoms with van der Waals surface area (Å²) in [7, 11) is -2.92. The van der Waals surface area contributed by atoms with Gasteiger partial charge in [0, 0.05) is 22.7 Å². The fourth-order valence-corrected chi connectivity index (χ4v) is 8.64. The van der Waals surface area contributed by atoms with Crippen LogP contribution in [0, 0.1) is 0 Å². The van der Waals surface area contributed by atoms with Gasteiger partial charge in [0.05, 0.1) is 0 Å². The molecule has 0 bridgehead atoms. The van der Waals surface area contributed by atoms with E-state index in [1.807, 2.05) is 54.6 Å². The van der Waals surface area contributed by atoms with Crippen molar-refractivity contribution in [2.24, 2.45) is 0 Å². The third-order valence-electron chi connectivity index (χ3n) is 6.36. The van der Waals surface area contributed by atoms with Crippen LogP contribution in [0.5, 0.6) is 5.75 Å². The van der Waals surface area contributed by atoms with E-state index in [-0.39, 0.29) is 5.78 Å². The van der Waals surface area contributed by atoms with Gasteiger partial charge < -0.3 is 14.2 Å². The second-order valence-electron chi connectivity index (χ2n) is 8.12. The Kier molecular flexibility index (Phi) is 4.26. The Morgan fingerprint density at radius 1 is 0.742 bits per heavy atom. The van der Waals surface area contributed by atoms with E-state index in [2.05, 4.69) is 53.4 Å². The summed E-state index contributed by atoms with van der Waals surface area (Å²) in [5.41, 5.74) is 5.45. The lowest BCUT2D eigenvalue weighted by atomic mass is 10.0. The van der Waals surface area contributed by atoms with E-state index in [0.717, 1.165) is 33.4 Å². The van der Waals surface area contributed by atoms with Crippen molar-refractivity contribution in [2.75, 3.05) is 11.6 Å². The average Bonchev–Trinajstić information content (AvgIpc) is 2.84. The lowest BCUT2D eigenvalue weighted by Crippen LogP contribution is -2.39. The summed E-state index contributed by atoms with van der Waals surface area (Å²) in [4.78, 5) is 2.17. The Bertz CT molecular complexity index is 1320. The number of benzene rings is 4. The standard InChI is InChI=1S/C27H22NO2P/c29-31(18-20-10-4-5-13-22(20)23-14-7-9-17-26(23)31)27-24-15-6-8-16-25(24)30-19-28(27)21-11-2-1-3-12-21/h1-17,27H,18-19H2. The first-order valence-electron chi connectivity index (χ1n) is 10.6. The second kappa shape index (κ2) is 7.14. The third-order valence-corrected chi connectivity index (χ3v) is 9.72. The molecule has 6 rings (SSSR count). The minimum atomic E-state index is -2.92. The van der Waals surface area contributed by atoms with Crippen LogP contribution < -0.4 is 14.9 Å². The van der Waals surface area contributed by atoms with Gasteiger partial charge in [0.2, 0.25) is 0 Å². The van der Waals surface area contributed by atoms with Crippen LogP contribution in [0.25, 0.3) is 11.1 Å². The summed E-state index contributed by atoms with van der Waals surface area (Å²) in [6.45, 7) is 0.375. The number of ether oxygens (including phenoxy) is 1. The van der Waals surface area contributed by atoms with Crippen LogP contribution in [0.1, 0.15) is 16.9 Å². The van der Waals surface area contributed by atoms with Gasteiger partial charge in [0.25, 0.3) is 0 Å². The van der Waals surface area contributed by atoms with Gasteiger partial charge in [-0.2, -0.15) is 0 Å². The average molecular weight is 423 g/mol. The molecule has 2 unspecified atom stereocenters. The Balaban J connectivity index is 1.61. The normalized spacial score (nSPS) is 21.4. The number of hydrogen-bond donors (Lipinski definition) is 0. The van der Waals surface area contributed by atoms with Crippen molar-refractivity contribution in [1.29, 1.82) is 0 Å². The van der Waals surface area contributed by atoms with E-state index in [9.17, 15) is 0 Å². The van der Waals surface area contributed by atoms with Gasteiger partial charge in [-0.3, -0.25) is 0 Å². The van der Waals surface area contributed by atoms with E-state index < -0.39 is 7.14 Å². The van der Waals surface area contributed by atoms with E-state index in [1.165, 1.54) is 5.56 Å². The predicted octanol–water partition coefficient (Wildman–Crippen LogP) is 6.41. The summed E-state index contributed by atoms with van der Waals surface area (Å²) in [5, 5.41) is 0.969. The van der Waals surface area contributed by atoms with E-state index >= 15 is 4.57 Å². The SMILES string of the molecule is O=P1(C2c3ccccc3OCN2c2ccccc2)Cc2ccccc2-c2ccccc21. The zero-order valence-electron chi connectivity index (χ0n) is 17.0. The highest BCUT2D eigenvalue weighted by Crippen LogP contribution is 2.67. The predicted molar refractivity (Wildman–Crippen MR) is 126 cm³/mol. The quantitative estimate of drug-likeness (QED) is 0.349. The maximum Gasteiger partial charge on any atom is 0.162 e. The molecule has 0 fully saturated rings. The number of nitrogens with zero attached hydrogens (tertiary/aromatic N) is 1. The molecule has 4 aromatic carbocycles. The number of rotatable bonds is 2. The molecule has 2 heterocycles. The largest absolute Gasteiger partial charge is 0.473 e. The van der Waals surface area contributed by atoms with Crippen molar-refractivity contribution in [3.05, 3.63) is 114 Å². The van der Waals surface area contributed by atoms with Crippen molar-refractivity contribution in [3.8, 4) is 16.9 Å². The van der Waals surface area contributed by atoms with Crippen LogP contribution in [-0.2, 0) is 10.7 Å². The summed E-state index contributed by atoms with van der Waals surface area (Å²) >= 11 is 0. The van der Waals surface area contributed by atoms with Gasteiger partial charge in [-0.1, -0.05) is 84.9 Å². The zero-order chi connectivity index (χ0) is 20.8. The molecule has 0 aromatic heterocycles. The molecule has 0 aliphatic carbocycles. The molecular weight excluding hydrogens is 401 g/mol. The van der Waals surface area contributed by atoms with E-state index in [1.54, 1.807) is 0 Å². The first-order chi connectivity index (χ1) is 15.3. The number of fused-ring (bicyclic) bond motifs is 4. The highest BCUT2D eigenvalue weighted by molar-refractivity contribution is 7.71. The van der Waals surface area contributed by atoms with E-state index in [4.69, 9.17) is 4.74 Å². The Morgan fingerprint density at radius 2 is 1.42 bits per heavy atom. The summed E-state index contributed by atoms with van der Waals surface area (Å²) in [6.07, 6.45) is 0.544. The summed E-state index contributed by atoms with van der Waals surface area (Å²) in [6, 6.07) is 34.8. The molecule has 0 saturated carbocycles. The summed E-state index contributed by atoms with van der Waals surface area (Å²) in [5.74, 6) is 0.542. The Hall–Kier alpha value is -3.29. The van der Waals surface area contributed by atoms with Gasteiger partial charge in [0.1, 0.15) is 18.7 Å². The van der Waals surface area contributed by atoms with Crippen molar-refractivity contribution in [1.82, 2.24) is 0 Å². The molecule has 4 aromatic rings. The van der Waals surface area contributed by atoms with Crippen molar-refractivity contribution in [3.63, 3.8) is 0 Å². The highest BCUT2D eigenvalue weighted by atomic mass is 31.2. The third kappa shape index (κ3) is 2.85. The van der Waals surface area contributed by atoms with Crippen LogP contribution >= 0.6 is 7.14 Å². The lowest BCUT2D eigenvalue weighted by Gasteiger charge is -2.44. The van der Waals surface area contributed by atoms with Crippen molar-refractivity contribution >= 4 is 18.1 Å². The van der Waals surface area contributed by atoms with Gasteiger partial charge in [0.15, 0.2) is 6.73 Å². The topological polar surface area (TPSA) is 29.5 Å². The van der Waals surface area contributed by atoms with Crippen molar-refractivity contribution in [2.45, 2.75) is 11.9 Å². The molecule has 4 heteroatoms. The summed E-state index contributed by atoms with van der Waals surface area (Å²) < 4.78 is 21.3. The molecule has 2 atom stereocenters. The number of anilines is 1. The molecule has 0 N–H and O–H groups in total. The van der Waals surface area contributed by atoms with Gasteiger partial charge in [-0.05, 0) is 34.9 Å². The van der Waals surface area contributed by atoms with Crippen LogP contribution in [0.2, 0.25) is 0 Å². The van der Waals surface area contributed by atoms with Gasteiger partial charge in [-0.15, -0.1) is 0 Å². The second-order valence-corrected chi connectivity index (χ2v) is 11.0. The minimum Gasteiger partial charge on any atom is -0.473 e. The first-order valence-corrected chi connectivity index (χ1v) is 12.5. The Labute approximate surface area is 182 Å². The number of hydrogen-bond acceptors (Lipinski definition) is 3. The molecule has 2 aliphatic heterocycles. The molecular formula is C27H22NO2P. The zero-order valence-corrected chi connectivity index (χ0v) is 17.9. The molecule has 0 spiro atoms. The van der Waals surface area contributed by atoms with Crippen LogP contribution in [0.4, 0.5) is 5.69 Å². The maximum absolute atomic E-state index is 15.2. The minimum absolute atomic E-state index is 0.283. The number of para-hydroxylation sites is 2. The van der Waals surface area contributed by atoms with Crippen LogP contribution in [0.3, 0.4) is 0 Å². The Morgan fingerprint density at radius 3 is 2.29 bits per heavy atom. The fourth-order valence-electron chi connectivity index (χ4n) is 5.00. The molecule has 3 nitrogen and oxygen atoms in total. The highest BCUT2D eigenvalue weighted by Gasteiger charge is 2.46. The monoisotopic (exact) mass is 423 g/mol. The van der Waals surface area contributed by atoms with Crippen LogP contribution in [-0.4, -0.2) is 6.73 Å². The molecule has 0 amide bonds. The van der Waals surface area contributed by atoms with Crippen molar-refractivity contribution < 1.29 is 9.30 Å². The smallest absolute Gasteiger partial charge is 0.162 e. The van der Waals surface area contributed by atoms with E-state index in [0.29, 0.717) is 12.9 Å². The molecule has 2 aliphatic rings. The van der Waals surface area contributed by atoms with Gasteiger partial charge in [-0.25, -0.2) is 0 Å². The molecule has 152 valence electrons. The fraction of sp³-hybridized carbons (Fsp3) is 0.111. The molecule has 0 saturated heterocycles. The molecule has 31 heavy (non-hydrogen) atoms. The van der Waals surface area contributed by atoms with Crippen LogP contribution in [0.15, 0.2) is 103 Å². The molecule has 0 radical (unpaired) electrons. The first kappa shape index (κ1) is 18.5. The van der Waals surface area contributed by atoms with Gasteiger partial charge >= 0.3 is 0 Å². The lowest BCUT2D eigenvalue weighted by molar-refractivity contribution is 0.284. The maximum atomic E-state index is 15.2.